The molecule has 2 aromatic carbocycles. The summed E-state index contributed by atoms with van der Waals surface area (Å²) in [6, 6.07) is 8.45. The Hall–Kier alpha value is -4.02. The van der Waals surface area contributed by atoms with E-state index in [4.69, 9.17) is 5.73 Å². The Balaban J connectivity index is 1.56. The Morgan fingerprint density at radius 3 is 2.66 bits per heavy atom. The molecule has 2 heterocycles. The molecule has 0 aliphatic rings. The summed E-state index contributed by atoms with van der Waals surface area (Å²) in [7, 11) is 1.64. The Bertz CT molecular complexity index is 1330. The molecule has 7 nitrogen and oxygen atoms in total. The van der Waals surface area contributed by atoms with Crippen LogP contribution in [0.25, 0.3) is 22.3 Å². The van der Waals surface area contributed by atoms with Crippen LogP contribution in [0.15, 0.2) is 48.8 Å². The van der Waals surface area contributed by atoms with Gasteiger partial charge in [-0.05, 0) is 29.8 Å². The number of nitrogens with two attached hydrogens (primary N) is 1. The van der Waals surface area contributed by atoms with Crippen molar-refractivity contribution in [3.05, 3.63) is 65.7 Å². The van der Waals surface area contributed by atoms with Crippen molar-refractivity contribution >= 4 is 28.4 Å². The van der Waals surface area contributed by atoms with E-state index in [2.05, 4.69) is 20.4 Å². The molecule has 4 rings (SSSR count). The highest BCUT2D eigenvalue weighted by atomic mass is 19.4. The van der Waals surface area contributed by atoms with Crippen LogP contribution in [0.4, 0.5) is 29.1 Å². The average Bonchev–Trinajstić information content (AvgIpc) is 3.05. The molecule has 0 spiro atoms. The van der Waals surface area contributed by atoms with Crippen LogP contribution >= 0.6 is 0 Å². The summed E-state index contributed by atoms with van der Waals surface area (Å²) in [5.41, 5.74) is 6.22. The molecule has 0 atom stereocenters. The van der Waals surface area contributed by atoms with E-state index in [1.54, 1.807) is 7.05 Å². The molecular formula is C21H16F4N6O. The number of fused-ring (bicyclic) bond motifs is 1. The highest BCUT2D eigenvalue weighted by Crippen LogP contribution is 2.32. The van der Waals surface area contributed by atoms with Crippen LogP contribution in [-0.2, 0) is 24.4 Å². The van der Waals surface area contributed by atoms with Crippen molar-refractivity contribution in [1.29, 1.82) is 0 Å². The van der Waals surface area contributed by atoms with Crippen LogP contribution in [0.2, 0.25) is 0 Å². The predicted octanol–water partition coefficient (Wildman–Crippen LogP) is 3.95. The molecule has 0 aliphatic heterocycles. The molecule has 0 bridgehead atoms. The average molecular weight is 444 g/mol. The van der Waals surface area contributed by atoms with Crippen molar-refractivity contribution in [2.45, 2.75) is 12.6 Å². The van der Waals surface area contributed by atoms with Crippen LogP contribution in [0.3, 0.4) is 0 Å². The lowest BCUT2D eigenvalue weighted by molar-refractivity contribution is -0.137. The second kappa shape index (κ2) is 7.91. The quantitative estimate of drug-likeness (QED) is 0.465. The van der Waals surface area contributed by atoms with E-state index in [0.29, 0.717) is 11.0 Å². The van der Waals surface area contributed by atoms with Crippen LogP contribution in [0, 0.1) is 5.82 Å². The van der Waals surface area contributed by atoms with E-state index in [1.807, 2.05) is 0 Å². The number of anilines is 2. The van der Waals surface area contributed by atoms with E-state index in [-0.39, 0.29) is 34.7 Å². The van der Waals surface area contributed by atoms with Crippen molar-refractivity contribution < 1.29 is 22.4 Å². The lowest BCUT2D eigenvalue weighted by atomic mass is 10.1. The molecule has 1 amide bonds. The largest absolute Gasteiger partial charge is 0.416 e. The molecule has 3 N–H and O–H groups in total. The van der Waals surface area contributed by atoms with Gasteiger partial charge in [-0.2, -0.15) is 18.3 Å². The van der Waals surface area contributed by atoms with Crippen LogP contribution in [0.5, 0.6) is 0 Å². The SMILES string of the molecule is Cn1nc(-c2ccc(NC(=O)Cc3cccc(C(F)(F)F)c3)cc2F)c2c(N)ncnc21. The maximum absolute atomic E-state index is 14.9. The first-order chi connectivity index (χ1) is 15.1. The number of aryl methyl sites for hydroxylation is 1. The number of carbonyl (C=O) groups excluding carboxylic acids is 1. The Morgan fingerprint density at radius 1 is 1.16 bits per heavy atom. The van der Waals surface area contributed by atoms with Crippen molar-refractivity contribution in [1.82, 2.24) is 19.7 Å². The molecular weight excluding hydrogens is 428 g/mol. The molecule has 0 radical (unpaired) electrons. The fourth-order valence-electron chi connectivity index (χ4n) is 3.33. The van der Waals surface area contributed by atoms with E-state index in [0.717, 1.165) is 18.2 Å². The number of benzene rings is 2. The van der Waals surface area contributed by atoms with Gasteiger partial charge < -0.3 is 11.1 Å². The third-order valence-corrected chi connectivity index (χ3v) is 4.78. The van der Waals surface area contributed by atoms with Gasteiger partial charge in [-0.1, -0.05) is 18.2 Å². The first kappa shape index (κ1) is 21.2. The summed E-state index contributed by atoms with van der Waals surface area (Å²) < 4.78 is 54.8. The van der Waals surface area contributed by atoms with Crippen molar-refractivity contribution in [3.63, 3.8) is 0 Å². The lowest BCUT2D eigenvalue weighted by Gasteiger charge is -2.10. The smallest absolute Gasteiger partial charge is 0.383 e. The number of nitrogen functional groups attached to an aromatic ring is 1. The number of hydrogen-bond donors (Lipinski definition) is 2. The fraction of sp³-hybridized carbons (Fsp3) is 0.143. The number of nitrogens with zero attached hydrogens (tertiary/aromatic N) is 4. The molecule has 11 heteroatoms. The number of amides is 1. The summed E-state index contributed by atoms with van der Waals surface area (Å²) in [5, 5.41) is 7.16. The molecule has 4 aromatic rings. The molecule has 0 saturated carbocycles. The van der Waals surface area contributed by atoms with E-state index in [1.165, 1.54) is 35.3 Å². The number of halogens is 4. The van der Waals surface area contributed by atoms with Gasteiger partial charge in [-0.3, -0.25) is 4.79 Å². The summed E-state index contributed by atoms with van der Waals surface area (Å²) in [5.74, 6) is -1.11. The maximum atomic E-state index is 14.9. The number of nitrogens with one attached hydrogen (secondary N) is 1. The molecule has 0 saturated heterocycles. The van der Waals surface area contributed by atoms with Gasteiger partial charge in [0.15, 0.2) is 5.65 Å². The standard InChI is InChI=1S/C21H16F4N6O/c1-31-20-17(19(26)27-10-28-20)18(30-31)14-6-5-13(9-15(14)22)29-16(32)8-11-3-2-4-12(7-11)21(23,24)25/h2-7,9-10H,8H2,1H3,(H,29,32)(H2,26,27,28). The van der Waals surface area contributed by atoms with Gasteiger partial charge in [-0.25, -0.2) is 19.0 Å². The first-order valence-electron chi connectivity index (χ1n) is 9.32. The predicted molar refractivity (Wildman–Crippen MR) is 110 cm³/mol. The molecule has 164 valence electrons. The number of rotatable bonds is 4. The fourth-order valence-corrected chi connectivity index (χ4v) is 3.33. The van der Waals surface area contributed by atoms with Gasteiger partial charge in [0.25, 0.3) is 0 Å². The van der Waals surface area contributed by atoms with E-state index >= 15 is 0 Å². The van der Waals surface area contributed by atoms with Crippen LogP contribution in [-0.4, -0.2) is 25.7 Å². The Morgan fingerprint density at radius 2 is 1.94 bits per heavy atom. The van der Waals surface area contributed by atoms with Crippen LogP contribution < -0.4 is 11.1 Å². The molecule has 0 unspecified atom stereocenters. The number of alkyl halides is 3. The van der Waals surface area contributed by atoms with Gasteiger partial charge >= 0.3 is 6.18 Å². The molecule has 32 heavy (non-hydrogen) atoms. The summed E-state index contributed by atoms with van der Waals surface area (Å²) in [6.45, 7) is 0. The summed E-state index contributed by atoms with van der Waals surface area (Å²) in [6.07, 6.45) is -3.52. The lowest BCUT2D eigenvalue weighted by Crippen LogP contribution is -2.15. The highest BCUT2D eigenvalue weighted by Gasteiger charge is 2.30. The first-order valence-corrected chi connectivity index (χ1v) is 9.32. The topological polar surface area (TPSA) is 98.7 Å². The summed E-state index contributed by atoms with van der Waals surface area (Å²) >= 11 is 0. The maximum Gasteiger partial charge on any atom is 0.416 e. The van der Waals surface area contributed by atoms with Gasteiger partial charge in [0.2, 0.25) is 5.91 Å². The van der Waals surface area contributed by atoms with Gasteiger partial charge in [-0.15, -0.1) is 0 Å². The van der Waals surface area contributed by atoms with Gasteiger partial charge in [0.1, 0.15) is 23.7 Å². The number of hydrogen-bond acceptors (Lipinski definition) is 5. The second-order valence-electron chi connectivity index (χ2n) is 7.05. The third kappa shape index (κ3) is 4.09. The zero-order valence-electron chi connectivity index (χ0n) is 16.6. The normalized spacial score (nSPS) is 11.7. The zero-order chi connectivity index (χ0) is 23.0. The van der Waals surface area contributed by atoms with Crippen molar-refractivity contribution in [2.24, 2.45) is 7.05 Å². The number of carbonyl (C=O) groups is 1. The second-order valence-corrected chi connectivity index (χ2v) is 7.05. The molecule has 0 aliphatic carbocycles. The van der Waals surface area contributed by atoms with Crippen LogP contribution in [0.1, 0.15) is 11.1 Å². The number of aromatic nitrogens is 4. The molecule has 0 fully saturated rings. The molecule has 2 aromatic heterocycles. The third-order valence-electron chi connectivity index (χ3n) is 4.78. The van der Waals surface area contributed by atoms with Crippen molar-refractivity contribution in [3.8, 4) is 11.3 Å². The highest BCUT2D eigenvalue weighted by molar-refractivity contribution is 5.99. The monoisotopic (exact) mass is 444 g/mol. The minimum atomic E-state index is -4.50. The summed E-state index contributed by atoms with van der Waals surface area (Å²) in [4.78, 5) is 20.3. The van der Waals surface area contributed by atoms with Crippen molar-refractivity contribution in [2.75, 3.05) is 11.1 Å². The Kier molecular flexibility index (Phi) is 5.25. The van der Waals surface area contributed by atoms with Gasteiger partial charge in [0.05, 0.1) is 17.4 Å². The minimum absolute atomic E-state index is 0.132. The van der Waals surface area contributed by atoms with E-state index in [9.17, 15) is 22.4 Å². The van der Waals surface area contributed by atoms with Gasteiger partial charge in [0, 0.05) is 18.3 Å². The Labute approximate surface area is 178 Å². The minimum Gasteiger partial charge on any atom is -0.383 e. The zero-order valence-corrected chi connectivity index (χ0v) is 16.6. The van der Waals surface area contributed by atoms with E-state index < -0.39 is 23.5 Å².